The molecule has 0 spiro atoms. The Bertz CT molecular complexity index is 1150. The third-order valence-corrected chi connectivity index (χ3v) is 4.36. The predicted octanol–water partition coefficient (Wildman–Crippen LogP) is 4.82. The number of rotatable bonds is 5. The monoisotopic (exact) mass is 430 g/mol. The molecular formula is C22H17F3N2O4. The van der Waals surface area contributed by atoms with E-state index in [2.05, 4.69) is 10.5 Å². The summed E-state index contributed by atoms with van der Waals surface area (Å²) in [6.07, 6.45) is -3.33. The number of alkyl halides is 3. The third kappa shape index (κ3) is 5.19. The molecule has 0 aliphatic rings. The molecule has 6 nitrogen and oxygen atoms in total. The molecular weight excluding hydrogens is 413 g/mol. The van der Waals surface area contributed by atoms with Gasteiger partial charge in [-0.3, -0.25) is 4.79 Å². The number of hydrazone groups is 1. The molecule has 2 aromatic carbocycles. The van der Waals surface area contributed by atoms with Crippen molar-refractivity contribution < 1.29 is 31.9 Å². The molecule has 31 heavy (non-hydrogen) atoms. The second kappa shape index (κ2) is 8.86. The predicted molar refractivity (Wildman–Crippen MR) is 107 cm³/mol. The first-order chi connectivity index (χ1) is 14.7. The van der Waals surface area contributed by atoms with E-state index >= 15 is 0 Å². The van der Waals surface area contributed by atoms with Crippen molar-refractivity contribution in [2.45, 2.75) is 13.1 Å². The minimum Gasteiger partial charge on any atom is -0.465 e. The van der Waals surface area contributed by atoms with Crippen LogP contribution in [-0.4, -0.2) is 25.2 Å². The van der Waals surface area contributed by atoms with Gasteiger partial charge in [0.1, 0.15) is 11.5 Å². The highest BCUT2D eigenvalue weighted by atomic mass is 19.4. The number of ether oxygens (including phenoxy) is 1. The SMILES string of the molecule is COC(=O)c1ccc(C)c(-c2ccc(/C=N\NC(=O)c3cccc(C(F)(F)F)c3)o2)c1. The summed E-state index contributed by atoms with van der Waals surface area (Å²) in [5, 5.41) is 3.72. The van der Waals surface area contributed by atoms with Crippen molar-refractivity contribution in [2.24, 2.45) is 5.10 Å². The fourth-order valence-corrected chi connectivity index (χ4v) is 2.76. The van der Waals surface area contributed by atoms with Crippen LogP contribution in [0.4, 0.5) is 13.2 Å². The first kappa shape index (κ1) is 21.8. The molecule has 1 N–H and O–H groups in total. The van der Waals surface area contributed by atoms with Gasteiger partial charge in [-0.05, 0) is 55.0 Å². The number of furan rings is 1. The summed E-state index contributed by atoms with van der Waals surface area (Å²) in [4.78, 5) is 23.8. The van der Waals surface area contributed by atoms with Gasteiger partial charge in [-0.15, -0.1) is 0 Å². The van der Waals surface area contributed by atoms with Crippen LogP contribution < -0.4 is 5.43 Å². The molecule has 0 fully saturated rings. The molecule has 0 saturated heterocycles. The lowest BCUT2D eigenvalue weighted by molar-refractivity contribution is -0.137. The van der Waals surface area contributed by atoms with Gasteiger partial charge in [-0.25, -0.2) is 10.2 Å². The van der Waals surface area contributed by atoms with Crippen LogP contribution in [0.1, 0.15) is 37.6 Å². The summed E-state index contributed by atoms with van der Waals surface area (Å²) in [5.74, 6) is -0.515. The minimum absolute atomic E-state index is 0.178. The van der Waals surface area contributed by atoms with Gasteiger partial charge >= 0.3 is 12.1 Å². The number of carbonyl (C=O) groups excluding carboxylic acids is 2. The maximum atomic E-state index is 12.8. The molecule has 0 aliphatic carbocycles. The summed E-state index contributed by atoms with van der Waals surface area (Å²) >= 11 is 0. The van der Waals surface area contributed by atoms with Crippen molar-refractivity contribution in [3.05, 3.63) is 82.6 Å². The van der Waals surface area contributed by atoms with Gasteiger partial charge in [0.25, 0.3) is 5.91 Å². The number of amides is 1. The van der Waals surface area contributed by atoms with E-state index in [1.165, 1.54) is 19.4 Å². The number of methoxy groups -OCH3 is 1. The minimum atomic E-state index is -4.55. The average molecular weight is 430 g/mol. The zero-order valence-electron chi connectivity index (χ0n) is 16.5. The number of hydrogen-bond donors (Lipinski definition) is 1. The molecule has 0 unspecified atom stereocenters. The van der Waals surface area contributed by atoms with Gasteiger partial charge in [0.15, 0.2) is 0 Å². The molecule has 0 radical (unpaired) electrons. The Balaban J connectivity index is 1.72. The molecule has 0 bridgehead atoms. The third-order valence-electron chi connectivity index (χ3n) is 4.36. The fraction of sp³-hybridized carbons (Fsp3) is 0.136. The lowest BCUT2D eigenvalue weighted by atomic mass is 10.0. The first-order valence-corrected chi connectivity index (χ1v) is 8.99. The Morgan fingerprint density at radius 2 is 1.84 bits per heavy atom. The Hall–Kier alpha value is -3.88. The molecule has 160 valence electrons. The van der Waals surface area contributed by atoms with Gasteiger partial charge in [-0.1, -0.05) is 12.1 Å². The highest BCUT2D eigenvalue weighted by molar-refractivity contribution is 5.95. The Labute approximate surface area is 175 Å². The number of benzene rings is 2. The number of esters is 1. The van der Waals surface area contributed by atoms with Gasteiger partial charge in [0, 0.05) is 11.1 Å². The van der Waals surface area contributed by atoms with E-state index < -0.39 is 23.6 Å². The number of nitrogens with one attached hydrogen (secondary N) is 1. The maximum absolute atomic E-state index is 12.8. The number of aryl methyl sites for hydroxylation is 1. The zero-order chi connectivity index (χ0) is 22.6. The van der Waals surface area contributed by atoms with Crippen LogP contribution in [0.25, 0.3) is 11.3 Å². The quantitative estimate of drug-likeness (QED) is 0.357. The van der Waals surface area contributed by atoms with Crippen molar-refractivity contribution in [2.75, 3.05) is 7.11 Å². The molecule has 1 heterocycles. The topological polar surface area (TPSA) is 80.9 Å². The summed E-state index contributed by atoms with van der Waals surface area (Å²) in [6, 6.07) is 12.3. The van der Waals surface area contributed by atoms with Crippen LogP contribution in [0.2, 0.25) is 0 Å². The maximum Gasteiger partial charge on any atom is 0.416 e. The van der Waals surface area contributed by atoms with E-state index in [9.17, 15) is 22.8 Å². The average Bonchev–Trinajstić information content (AvgIpc) is 3.21. The second-order valence-corrected chi connectivity index (χ2v) is 6.50. The van der Waals surface area contributed by atoms with Crippen molar-refractivity contribution in [1.82, 2.24) is 5.43 Å². The van der Waals surface area contributed by atoms with Crippen molar-refractivity contribution >= 4 is 18.1 Å². The molecule has 1 amide bonds. The van der Waals surface area contributed by atoms with Crippen LogP contribution in [-0.2, 0) is 10.9 Å². The Morgan fingerprint density at radius 1 is 1.06 bits per heavy atom. The van der Waals surface area contributed by atoms with E-state index in [0.29, 0.717) is 22.6 Å². The van der Waals surface area contributed by atoms with Crippen LogP contribution in [0.3, 0.4) is 0 Å². The number of nitrogens with zero attached hydrogens (tertiary/aromatic N) is 1. The van der Waals surface area contributed by atoms with Gasteiger partial charge in [-0.2, -0.15) is 18.3 Å². The second-order valence-electron chi connectivity index (χ2n) is 6.50. The standard InChI is InChI=1S/C22H17F3N2O4/c1-13-6-7-15(21(29)30-2)11-18(13)19-9-8-17(31-19)12-26-27-20(28)14-4-3-5-16(10-14)22(23,24)25/h3-12H,1-2H3,(H,27,28)/b26-12-. The van der Waals surface area contributed by atoms with Crippen molar-refractivity contribution in [3.63, 3.8) is 0 Å². The van der Waals surface area contributed by atoms with Crippen molar-refractivity contribution in [1.29, 1.82) is 0 Å². The van der Waals surface area contributed by atoms with Gasteiger partial charge in [0.2, 0.25) is 0 Å². The lowest BCUT2D eigenvalue weighted by Crippen LogP contribution is -2.18. The molecule has 3 rings (SSSR count). The van der Waals surface area contributed by atoms with Crippen molar-refractivity contribution in [3.8, 4) is 11.3 Å². The number of carbonyl (C=O) groups is 2. The number of hydrogen-bond acceptors (Lipinski definition) is 5. The summed E-state index contributed by atoms with van der Waals surface area (Å²) in [6.45, 7) is 1.85. The Morgan fingerprint density at radius 3 is 2.55 bits per heavy atom. The largest absolute Gasteiger partial charge is 0.465 e. The van der Waals surface area contributed by atoms with E-state index in [4.69, 9.17) is 9.15 Å². The van der Waals surface area contributed by atoms with Crippen LogP contribution in [0.15, 0.2) is 64.1 Å². The highest BCUT2D eigenvalue weighted by Gasteiger charge is 2.30. The smallest absolute Gasteiger partial charge is 0.416 e. The van der Waals surface area contributed by atoms with Gasteiger partial charge in [0.05, 0.1) is 24.5 Å². The van der Waals surface area contributed by atoms with Gasteiger partial charge < -0.3 is 9.15 Å². The van der Waals surface area contributed by atoms with Crippen LogP contribution >= 0.6 is 0 Å². The van der Waals surface area contributed by atoms with E-state index in [0.717, 1.165) is 23.8 Å². The molecule has 3 aromatic rings. The zero-order valence-corrected chi connectivity index (χ0v) is 16.5. The highest BCUT2D eigenvalue weighted by Crippen LogP contribution is 2.29. The van der Waals surface area contributed by atoms with E-state index in [1.54, 1.807) is 30.3 Å². The molecule has 0 atom stereocenters. The summed E-state index contributed by atoms with van der Waals surface area (Å²) in [5.41, 5.74) is 2.96. The summed E-state index contributed by atoms with van der Waals surface area (Å²) in [7, 11) is 1.29. The molecule has 9 heteroatoms. The normalized spacial score (nSPS) is 11.5. The molecule has 1 aromatic heterocycles. The van der Waals surface area contributed by atoms with Crippen LogP contribution in [0, 0.1) is 6.92 Å². The number of halogens is 3. The first-order valence-electron chi connectivity index (χ1n) is 8.99. The Kier molecular flexibility index (Phi) is 6.24. The lowest BCUT2D eigenvalue weighted by Gasteiger charge is -2.07. The molecule has 0 aliphatic heterocycles. The summed E-state index contributed by atoms with van der Waals surface area (Å²) < 4.78 is 48.7. The van der Waals surface area contributed by atoms with E-state index in [1.807, 2.05) is 6.92 Å². The molecule has 0 saturated carbocycles. The fourth-order valence-electron chi connectivity index (χ4n) is 2.76. The van der Waals surface area contributed by atoms with Crippen LogP contribution in [0.5, 0.6) is 0 Å². The van der Waals surface area contributed by atoms with E-state index in [-0.39, 0.29) is 5.56 Å².